The number of nitrogens with zero attached hydrogens (tertiary/aromatic N) is 2. The maximum Gasteiger partial charge on any atom is 0.119 e. The molecule has 2 rings (SSSR count). The third kappa shape index (κ3) is 6.50. The van der Waals surface area contributed by atoms with Gasteiger partial charge in [-0.2, -0.15) is 0 Å². The van der Waals surface area contributed by atoms with Gasteiger partial charge < -0.3 is 14.4 Å². The largest absolute Gasteiger partial charge is 0.497 e. The minimum Gasteiger partial charge on any atom is -0.497 e. The highest BCUT2D eigenvalue weighted by Crippen LogP contribution is 2.16. The number of aromatic nitrogens is 1. The first kappa shape index (κ1) is 20.5. The molecular formula is C22H34N2O2. The van der Waals surface area contributed by atoms with Gasteiger partial charge in [0.15, 0.2) is 0 Å². The van der Waals surface area contributed by atoms with Crippen LogP contribution in [0.5, 0.6) is 5.75 Å². The zero-order valence-electron chi connectivity index (χ0n) is 16.7. The number of rotatable bonds is 11. The quantitative estimate of drug-likeness (QED) is 0.655. The molecule has 4 heteroatoms. The molecule has 0 saturated carbocycles. The number of methoxy groups -OCH3 is 1. The Morgan fingerprint density at radius 1 is 1.15 bits per heavy atom. The molecule has 144 valence electrons. The average Bonchev–Trinajstić information content (AvgIpc) is 3.01. The predicted octanol–water partition coefficient (Wildman–Crippen LogP) is 4.16. The molecule has 1 aromatic carbocycles. The van der Waals surface area contributed by atoms with Crippen LogP contribution in [-0.2, 0) is 13.1 Å². The van der Waals surface area contributed by atoms with Crippen molar-refractivity contribution in [2.45, 2.75) is 52.8 Å². The normalized spacial score (nSPS) is 12.7. The smallest absolute Gasteiger partial charge is 0.119 e. The fourth-order valence-electron chi connectivity index (χ4n) is 3.39. The summed E-state index contributed by atoms with van der Waals surface area (Å²) in [6.45, 7) is 9.99. The first-order valence-corrected chi connectivity index (χ1v) is 9.69. The molecule has 26 heavy (non-hydrogen) atoms. The van der Waals surface area contributed by atoms with Crippen molar-refractivity contribution in [1.82, 2.24) is 9.47 Å². The Hall–Kier alpha value is -1.78. The number of hydrogen-bond donors (Lipinski definition) is 1. The summed E-state index contributed by atoms with van der Waals surface area (Å²) < 4.78 is 7.62. The second-order valence-electron chi connectivity index (χ2n) is 7.51. The molecule has 0 fully saturated rings. The van der Waals surface area contributed by atoms with E-state index in [0.29, 0.717) is 5.92 Å². The molecule has 1 atom stereocenters. The number of ether oxygens (including phenoxy) is 1. The van der Waals surface area contributed by atoms with Gasteiger partial charge in [0.1, 0.15) is 5.75 Å². The molecule has 0 aliphatic heterocycles. The van der Waals surface area contributed by atoms with Crippen LogP contribution in [-0.4, -0.2) is 40.9 Å². The minimum atomic E-state index is -0.249. The lowest BCUT2D eigenvalue weighted by Crippen LogP contribution is -2.35. The number of aliphatic hydroxyl groups is 1. The average molecular weight is 359 g/mol. The summed E-state index contributed by atoms with van der Waals surface area (Å²) in [6, 6.07) is 12.5. The molecule has 0 bridgehead atoms. The molecule has 1 N–H and O–H groups in total. The third-order valence-electron chi connectivity index (χ3n) is 4.51. The molecule has 0 aliphatic rings. The predicted molar refractivity (Wildman–Crippen MR) is 108 cm³/mol. The lowest BCUT2D eigenvalue weighted by atomic mass is 10.1. The van der Waals surface area contributed by atoms with Gasteiger partial charge in [-0.05, 0) is 42.2 Å². The highest BCUT2D eigenvalue weighted by Gasteiger charge is 2.15. The van der Waals surface area contributed by atoms with Gasteiger partial charge in [-0.3, -0.25) is 4.90 Å². The lowest BCUT2D eigenvalue weighted by molar-refractivity contribution is 0.0932. The van der Waals surface area contributed by atoms with Gasteiger partial charge in [-0.15, -0.1) is 0 Å². The lowest BCUT2D eigenvalue weighted by Gasteiger charge is -2.27. The summed E-state index contributed by atoms with van der Waals surface area (Å²) in [7, 11) is 1.70. The minimum absolute atomic E-state index is 0.249. The Bertz CT molecular complexity index is 651. The van der Waals surface area contributed by atoms with Crippen molar-refractivity contribution in [3.05, 3.63) is 53.9 Å². The molecule has 0 spiro atoms. The topological polar surface area (TPSA) is 37.6 Å². The molecule has 0 radical (unpaired) electrons. The van der Waals surface area contributed by atoms with Gasteiger partial charge in [0.05, 0.1) is 13.2 Å². The molecule has 0 saturated heterocycles. The van der Waals surface area contributed by atoms with Crippen LogP contribution in [0.2, 0.25) is 0 Å². The van der Waals surface area contributed by atoms with E-state index in [1.807, 2.05) is 12.1 Å². The second kappa shape index (κ2) is 10.4. The fraction of sp³-hybridized carbons (Fsp3) is 0.545. The van der Waals surface area contributed by atoms with Crippen LogP contribution >= 0.6 is 0 Å². The van der Waals surface area contributed by atoms with Crippen LogP contribution in [0.3, 0.4) is 0 Å². The van der Waals surface area contributed by atoms with Crippen molar-refractivity contribution in [3.8, 4) is 5.75 Å². The summed E-state index contributed by atoms with van der Waals surface area (Å²) in [6.07, 6.45) is 3.76. The SMILES string of the molecule is CCCC(O)CN(Cc1cccn1Cc1cccc(OC)c1)CC(C)C. The maximum atomic E-state index is 10.3. The number of benzene rings is 1. The monoisotopic (exact) mass is 358 g/mol. The molecule has 1 unspecified atom stereocenters. The maximum absolute atomic E-state index is 10.3. The standard InChI is InChI=1S/C22H34N2O2/c1-5-8-21(25)17-23(14-18(2)3)16-20-10-7-12-24(20)15-19-9-6-11-22(13-19)26-4/h6-7,9-13,18,21,25H,5,8,14-17H2,1-4H3. The van der Waals surface area contributed by atoms with Gasteiger partial charge in [-0.1, -0.05) is 39.3 Å². The van der Waals surface area contributed by atoms with E-state index >= 15 is 0 Å². The zero-order chi connectivity index (χ0) is 18.9. The summed E-state index contributed by atoms with van der Waals surface area (Å²) in [4.78, 5) is 2.38. The van der Waals surface area contributed by atoms with Gasteiger partial charge in [-0.25, -0.2) is 0 Å². The van der Waals surface area contributed by atoms with Crippen LogP contribution < -0.4 is 4.74 Å². The third-order valence-corrected chi connectivity index (χ3v) is 4.51. The molecule has 1 heterocycles. The first-order chi connectivity index (χ1) is 12.5. The van der Waals surface area contributed by atoms with E-state index in [2.05, 4.69) is 60.7 Å². The van der Waals surface area contributed by atoms with Crippen molar-refractivity contribution >= 4 is 0 Å². The molecule has 4 nitrogen and oxygen atoms in total. The van der Waals surface area contributed by atoms with Crippen LogP contribution in [0.4, 0.5) is 0 Å². The van der Waals surface area contributed by atoms with Crippen molar-refractivity contribution in [3.63, 3.8) is 0 Å². The Balaban J connectivity index is 2.08. The number of hydrogen-bond acceptors (Lipinski definition) is 3. The van der Waals surface area contributed by atoms with Crippen molar-refractivity contribution in [1.29, 1.82) is 0 Å². The second-order valence-corrected chi connectivity index (χ2v) is 7.51. The van der Waals surface area contributed by atoms with Crippen molar-refractivity contribution in [2.24, 2.45) is 5.92 Å². The summed E-state index contributed by atoms with van der Waals surface area (Å²) in [5.41, 5.74) is 2.50. The molecule has 1 aromatic heterocycles. The van der Waals surface area contributed by atoms with E-state index in [-0.39, 0.29) is 6.10 Å². The number of aliphatic hydroxyl groups excluding tert-OH is 1. The van der Waals surface area contributed by atoms with E-state index in [0.717, 1.165) is 44.8 Å². The molecule has 0 amide bonds. The molecule has 2 aromatic rings. The Kier molecular flexibility index (Phi) is 8.20. The van der Waals surface area contributed by atoms with E-state index in [1.165, 1.54) is 11.3 Å². The summed E-state index contributed by atoms with van der Waals surface area (Å²) >= 11 is 0. The van der Waals surface area contributed by atoms with Crippen LogP contribution in [0.15, 0.2) is 42.6 Å². The van der Waals surface area contributed by atoms with Crippen LogP contribution in [0.25, 0.3) is 0 Å². The molecule has 0 aliphatic carbocycles. The highest BCUT2D eigenvalue weighted by atomic mass is 16.5. The Morgan fingerprint density at radius 3 is 2.65 bits per heavy atom. The van der Waals surface area contributed by atoms with Crippen molar-refractivity contribution in [2.75, 3.05) is 20.2 Å². The first-order valence-electron chi connectivity index (χ1n) is 9.69. The zero-order valence-corrected chi connectivity index (χ0v) is 16.7. The van der Waals surface area contributed by atoms with Gasteiger partial charge in [0.25, 0.3) is 0 Å². The van der Waals surface area contributed by atoms with E-state index < -0.39 is 0 Å². The van der Waals surface area contributed by atoms with E-state index in [4.69, 9.17) is 4.74 Å². The fourth-order valence-corrected chi connectivity index (χ4v) is 3.39. The highest BCUT2D eigenvalue weighted by molar-refractivity contribution is 5.29. The Labute approximate surface area is 158 Å². The van der Waals surface area contributed by atoms with Gasteiger partial charge in [0, 0.05) is 38.1 Å². The Morgan fingerprint density at radius 2 is 1.96 bits per heavy atom. The van der Waals surface area contributed by atoms with Gasteiger partial charge >= 0.3 is 0 Å². The van der Waals surface area contributed by atoms with E-state index in [1.54, 1.807) is 7.11 Å². The van der Waals surface area contributed by atoms with Crippen LogP contribution in [0, 0.1) is 5.92 Å². The van der Waals surface area contributed by atoms with E-state index in [9.17, 15) is 5.11 Å². The van der Waals surface area contributed by atoms with Crippen molar-refractivity contribution < 1.29 is 9.84 Å². The summed E-state index contributed by atoms with van der Waals surface area (Å²) in [5, 5.41) is 10.3. The van der Waals surface area contributed by atoms with Gasteiger partial charge in [0.2, 0.25) is 0 Å². The van der Waals surface area contributed by atoms with Crippen LogP contribution in [0.1, 0.15) is 44.9 Å². The summed E-state index contributed by atoms with van der Waals surface area (Å²) in [5.74, 6) is 1.46. The molecular weight excluding hydrogens is 324 g/mol.